The number of H-pyrrole nitrogens is 1. The maximum atomic E-state index is 12.6. The summed E-state index contributed by atoms with van der Waals surface area (Å²) < 4.78 is 5.10. The van der Waals surface area contributed by atoms with Crippen LogP contribution < -0.4 is 10.6 Å². The number of halogens is 1. The Morgan fingerprint density at radius 1 is 1.25 bits per heavy atom. The summed E-state index contributed by atoms with van der Waals surface area (Å²) in [6, 6.07) is 11.5. The molecular weight excluding hydrogens is 428 g/mol. The zero-order chi connectivity index (χ0) is 22.1. The lowest BCUT2D eigenvalue weighted by atomic mass is 9.96. The maximum Gasteiger partial charge on any atom is 0.225 e. The molecule has 0 saturated carbocycles. The topological polar surface area (TPSA) is 109 Å². The Hall–Kier alpha value is -3.23. The molecule has 1 fully saturated rings. The van der Waals surface area contributed by atoms with Crippen molar-refractivity contribution in [3.8, 4) is 22.5 Å². The third-order valence-corrected chi connectivity index (χ3v) is 6.09. The molecule has 32 heavy (non-hydrogen) atoms. The summed E-state index contributed by atoms with van der Waals surface area (Å²) in [5.74, 6) is 1.87. The van der Waals surface area contributed by atoms with Gasteiger partial charge in [0.15, 0.2) is 5.82 Å². The largest absolute Gasteiger partial charge is 0.339 e. The van der Waals surface area contributed by atoms with Crippen LogP contribution in [0.15, 0.2) is 40.9 Å². The molecule has 9 heteroatoms. The fourth-order valence-electron chi connectivity index (χ4n) is 4.12. The van der Waals surface area contributed by atoms with Gasteiger partial charge in [-0.1, -0.05) is 22.8 Å². The molecule has 1 aliphatic heterocycles. The summed E-state index contributed by atoms with van der Waals surface area (Å²) in [6.07, 6.45) is 2.66. The van der Waals surface area contributed by atoms with Crippen molar-refractivity contribution in [2.24, 2.45) is 5.92 Å². The number of hydrogen-bond donors (Lipinski definition) is 3. The van der Waals surface area contributed by atoms with Crippen molar-refractivity contribution in [2.75, 3.05) is 18.4 Å². The van der Waals surface area contributed by atoms with Crippen LogP contribution in [0.3, 0.4) is 0 Å². The molecule has 1 unspecified atom stereocenters. The zero-order valence-electron chi connectivity index (χ0n) is 17.6. The quantitative estimate of drug-likeness (QED) is 0.411. The Kier molecular flexibility index (Phi) is 5.63. The number of nitrogens with one attached hydrogen (secondary N) is 3. The molecule has 1 atom stereocenters. The first-order valence-electron chi connectivity index (χ1n) is 10.7. The summed E-state index contributed by atoms with van der Waals surface area (Å²) in [5.41, 5.74) is 3.38. The second-order valence-electron chi connectivity index (χ2n) is 8.13. The molecule has 1 saturated heterocycles. The van der Waals surface area contributed by atoms with Gasteiger partial charge in [0.25, 0.3) is 0 Å². The number of rotatable bonds is 5. The van der Waals surface area contributed by atoms with Crippen LogP contribution in [-0.4, -0.2) is 39.3 Å². The second kappa shape index (κ2) is 8.72. The molecule has 0 aliphatic carbocycles. The van der Waals surface area contributed by atoms with Gasteiger partial charge in [-0.3, -0.25) is 9.89 Å². The predicted octanol–water partition coefficient (Wildman–Crippen LogP) is 4.57. The number of aromatic amines is 1. The Morgan fingerprint density at radius 2 is 2.12 bits per heavy atom. The lowest BCUT2D eigenvalue weighted by molar-refractivity contribution is -0.117. The maximum absolute atomic E-state index is 12.6. The first kappa shape index (κ1) is 20.7. The van der Waals surface area contributed by atoms with Crippen LogP contribution in [-0.2, 0) is 4.79 Å². The number of piperidine rings is 1. The van der Waals surface area contributed by atoms with E-state index in [0.717, 1.165) is 53.5 Å². The Labute approximate surface area is 189 Å². The van der Waals surface area contributed by atoms with Gasteiger partial charge in [0.2, 0.25) is 17.6 Å². The highest BCUT2D eigenvalue weighted by atomic mass is 35.5. The third-order valence-electron chi connectivity index (χ3n) is 5.76. The number of aromatic nitrogens is 4. The van der Waals surface area contributed by atoms with Crippen LogP contribution in [0.5, 0.6) is 0 Å². The van der Waals surface area contributed by atoms with Crippen LogP contribution in [0.2, 0.25) is 5.02 Å². The van der Waals surface area contributed by atoms with E-state index in [1.807, 2.05) is 36.4 Å². The first-order valence-corrected chi connectivity index (χ1v) is 11.0. The van der Waals surface area contributed by atoms with Crippen molar-refractivity contribution >= 4 is 34.2 Å². The van der Waals surface area contributed by atoms with E-state index >= 15 is 0 Å². The average molecular weight is 451 g/mol. The highest BCUT2D eigenvalue weighted by Gasteiger charge is 2.19. The van der Waals surface area contributed by atoms with Gasteiger partial charge in [-0.05, 0) is 67.7 Å². The average Bonchev–Trinajstić information content (AvgIpc) is 3.41. The lowest BCUT2D eigenvalue weighted by Crippen LogP contribution is -2.32. The van der Waals surface area contributed by atoms with E-state index in [-0.39, 0.29) is 5.91 Å². The number of nitrogens with zero attached hydrogens (tertiary/aromatic N) is 3. The fourth-order valence-corrected chi connectivity index (χ4v) is 4.35. The van der Waals surface area contributed by atoms with Gasteiger partial charge in [0.05, 0.1) is 5.52 Å². The number of amides is 1. The Morgan fingerprint density at radius 3 is 2.91 bits per heavy atom. The van der Waals surface area contributed by atoms with Gasteiger partial charge in [0, 0.05) is 34.9 Å². The minimum Gasteiger partial charge on any atom is -0.339 e. The SMILES string of the molecule is Cc1nc(-c2ccc(Cl)c(-c3ccc4[nH]nc(NC(=O)CC5CCCNC5)c4c3)c2)no1. The number of carbonyl (C=O) groups is 1. The minimum absolute atomic E-state index is 0.0231. The number of anilines is 1. The number of benzene rings is 2. The standard InChI is InChI=1S/C23H23ClN6O2/c1-13-26-22(30-32-13)16-4-6-19(24)17(11-16)15-5-7-20-18(10-15)23(29-28-20)27-21(31)9-14-3-2-8-25-12-14/h4-7,10-11,14,25H,2-3,8-9,12H2,1H3,(H2,27,28,29,31). The molecule has 164 valence electrons. The first-order chi connectivity index (χ1) is 15.6. The summed E-state index contributed by atoms with van der Waals surface area (Å²) in [7, 11) is 0. The van der Waals surface area contributed by atoms with E-state index in [2.05, 4.69) is 31.0 Å². The zero-order valence-corrected chi connectivity index (χ0v) is 18.4. The van der Waals surface area contributed by atoms with Crippen molar-refractivity contribution in [1.82, 2.24) is 25.7 Å². The van der Waals surface area contributed by atoms with E-state index in [0.29, 0.717) is 34.9 Å². The van der Waals surface area contributed by atoms with Crippen molar-refractivity contribution in [3.05, 3.63) is 47.3 Å². The molecule has 8 nitrogen and oxygen atoms in total. The molecule has 1 amide bonds. The van der Waals surface area contributed by atoms with Gasteiger partial charge in [-0.2, -0.15) is 10.1 Å². The fraction of sp³-hybridized carbons (Fsp3) is 0.304. The molecule has 2 aromatic carbocycles. The molecule has 4 aromatic rings. The smallest absolute Gasteiger partial charge is 0.225 e. The van der Waals surface area contributed by atoms with Gasteiger partial charge in [-0.25, -0.2) is 0 Å². The molecule has 0 radical (unpaired) electrons. The van der Waals surface area contributed by atoms with E-state index in [1.165, 1.54) is 0 Å². The molecule has 5 rings (SSSR count). The molecule has 2 aromatic heterocycles. The van der Waals surface area contributed by atoms with Crippen molar-refractivity contribution in [1.29, 1.82) is 0 Å². The third kappa shape index (κ3) is 4.24. The van der Waals surface area contributed by atoms with Gasteiger partial charge in [0.1, 0.15) is 0 Å². The molecule has 0 bridgehead atoms. The molecule has 3 N–H and O–H groups in total. The normalized spacial score (nSPS) is 16.4. The molecular formula is C23H23ClN6O2. The number of aryl methyl sites for hydroxylation is 1. The summed E-state index contributed by atoms with van der Waals surface area (Å²) in [5, 5.41) is 19.0. The summed E-state index contributed by atoms with van der Waals surface area (Å²) >= 11 is 6.52. The summed E-state index contributed by atoms with van der Waals surface area (Å²) in [6.45, 7) is 3.66. The highest BCUT2D eigenvalue weighted by Crippen LogP contribution is 2.34. The number of carbonyl (C=O) groups excluding carboxylic acids is 1. The Bertz CT molecular complexity index is 1270. The molecule has 3 heterocycles. The van der Waals surface area contributed by atoms with Crippen LogP contribution in [0.25, 0.3) is 33.4 Å². The monoisotopic (exact) mass is 450 g/mol. The molecule has 1 aliphatic rings. The lowest BCUT2D eigenvalue weighted by Gasteiger charge is -2.21. The van der Waals surface area contributed by atoms with Crippen LogP contribution in [0.4, 0.5) is 5.82 Å². The van der Waals surface area contributed by atoms with E-state index in [4.69, 9.17) is 16.1 Å². The van der Waals surface area contributed by atoms with Crippen LogP contribution in [0.1, 0.15) is 25.2 Å². The van der Waals surface area contributed by atoms with Gasteiger partial charge < -0.3 is 15.2 Å². The van der Waals surface area contributed by atoms with Crippen molar-refractivity contribution in [3.63, 3.8) is 0 Å². The van der Waals surface area contributed by atoms with E-state index in [1.54, 1.807) is 6.92 Å². The van der Waals surface area contributed by atoms with E-state index in [9.17, 15) is 4.79 Å². The van der Waals surface area contributed by atoms with Gasteiger partial charge >= 0.3 is 0 Å². The predicted molar refractivity (Wildman–Crippen MR) is 123 cm³/mol. The van der Waals surface area contributed by atoms with Crippen molar-refractivity contribution in [2.45, 2.75) is 26.2 Å². The molecule has 0 spiro atoms. The van der Waals surface area contributed by atoms with Crippen LogP contribution in [0, 0.1) is 12.8 Å². The van der Waals surface area contributed by atoms with Crippen LogP contribution >= 0.6 is 11.6 Å². The highest BCUT2D eigenvalue weighted by molar-refractivity contribution is 6.33. The summed E-state index contributed by atoms with van der Waals surface area (Å²) in [4.78, 5) is 16.9. The van der Waals surface area contributed by atoms with E-state index < -0.39 is 0 Å². The van der Waals surface area contributed by atoms with Crippen molar-refractivity contribution < 1.29 is 9.32 Å². The minimum atomic E-state index is -0.0231. The Balaban J connectivity index is 1.43. The number of fused-ring (bicyclic) bond motifs is 1. The van der Waals surface area contributed by atoms with Gasteiger partial charge in [-0.15, -0.1) is 0 Å². The second-order valence-corrected chi connectivity index (χ2v) is 8.54. The number of hydrogen-bond acceptors (Lipinski definition) is 6.